The van der Waals surface area contributed by atoms with Crippen LogP contribution in [-0.2, 0) is 4.79 Å². The fourth-order valence-electron chi connectivity index (χ4n) is 3.80. The number of hydrogen-bond donors (Lipinski definition) is 2. The van der Waals surface area contributed by atoms with Crippen molar-refractivity contribution in [2.45, 2.75) is 98.0 Å². The number of aliphatic hydroxyl groups excluding tert-OH is 1. The molecule has 0 aliphatic heterocycles. The Morgan fingerprint density at radius 2 is 1.90 bits per heavy atom. The minimum atomic E-state index is -0.390. The van der Waals surface area contributed by atoms with Gasteiger partial charge in [0.05, 0.1) is 6.10 Å². The summed E-state index contributed by atoms with van der Waals surface area (Å²) in [7, 11) is 0. The van der Waals surface area contributed by atoms with E-state index in [1.54, 1.807) is 6.20 Å². The van der Waals surface area contributed by atoms with E-state index in [-0.39, 0.29) is 6.10 Å². The molecule has 0 aliphatic carbocycles. The molecule has 0 saturated heterocycles. The lowest BCUT2D eigenvalue weighted by atomic mass is 9.93. The van der Waals surface area contributed by atoms with Gasteiger partial charge in [-0.25, -0.2) is 0 Å². The van der Waals surface area contributed by atoms with Crippen molar-refractivity contribution in [3.05, 3.63) is 61.0 Å². The number of carbonyl (C=O) groups excluding carboxylic acids is 1. The average molecular weight is 430 g/mol. The summed E-state index contributed by atoms with van der Waals surface area (Å²) in [6.45, 7) is 16.1. The van der Waals surface area contributed by atoms with Crippen LogP contribution in [0.2, 0.25) is 0 Å². The molecule has 0 aromatic rings. The highest BCUT2D eigenvalue weighted by Crippen LogP contribution is 2.21. The smallest absolute Gasteiger partial charge is 0.136 e. The molecule has 2 N–H and O–H groups in total. The molecule has 3 nitrogen and oxygen atoms in total. The zero-order valence-electron chi connectivity index (χ0n) is 20.5. The van der Waals surface area contributed by atoms with Crippen LogP contribution in [0, 0.1) is 11.8 Å². The summed E-state index contributed by atoms with van der Waals surface area (Å²) in [4.78, 5) is 12.3. The lowest BCUT2D eigenvalue weighted by molar-refractivity contribution is -0.118. The number of allylic oxidation sites excluding steroid dienone is 6. The van der Waals surface area contributed by atoms with Gasteiger partial charge in [0, 0.05) is 18.5 Å². The van der Waals surface area contributed by atoms with Gasteiger partial charge in [0.25, 0.3) is 0 Å². The van der Waals surface area contributed by atoms with Gasteiger partial charge in [0.1, 0.15) is 5.78 Å². The van der Waals surface area contributed by atoms with Gasteiger partial charge in [0.15, 0.2) is 0 Å². The van der Waals surface area contributed by atoms with E-state index >= 15 is 0 Å². The van der Waals surface area contributed by atoms with Gasteiger partial charge in [-0.05, 0) is 76.8 Å². The lowest BCUT2D eigenvalue weighted by Gasteiger charge is -2.16. The van der Waals surface area contributed by atoms with Crippen LogP contribution in [0.5, 0.6) is 0 Å². The molecule has 0 amide bonds. The molecule has 3 heteroatoms. The molecule has 2 unspecified atom stereocenters. The standard InChI is InChI=1S/C28H47NO2/c1-7-10-11-12-13-16-28(31)21-24(5)20-23(4)18-19-27(30)17-14-15-26(8-2)22-25(6)29-9-3/h7,9-10,13,16,18,24,26,28-29,31H,3,6,8,11-12,14-15,17,19-22H2,1-2,4-5H3/b10-7+,16-13+,23-18+/t24-,26?,28?/m1/s1. The summed E-state index contributed by atoms with van der Waals surface area (Å²) >= 11 is 0. The fourth-order valence-corrected chi connectivity index (χ4v) is 3.80. The van der Waals surface area contributed by atoms with Gasteiger partial charge in [-0.15, -0.1) is 0 Å². The molecule has 0 saturated carbocycles. The maximum absolute atomic E-state index is 12.3. The van der Waals surface area contributed by atoms with E-state index < -0.39 is 0 Å². The minimum absolute atomic E-state index is 0.314. The Labute approximate surface area is 192 Å². The van der Waals surface area contributed by atoms with E-state index in [2.05, 4.69) is 63.5 Å². The van der Waals surface area contributed by atoms with Crippen LogP contribution in [0.3, 0.4) is 0 Å². The highest BCUT2D eigenvalue weighted by Gasteiger charge is 2.11. The molecule has 176 valence electrons. The first kappa shape index (κ1) is 29.1. The highest BCUT2D eigenvalue weighted by molar-refractivity contribution is 5.79. The van der Waals surface area contributed by atoms with Crippen molar-refractivity contribution >= 4 is 5.78 Å². The molecule has 0 aromatic carbocycles. The monoisotopic (exact) mass is 429 g/mol. The Morgan fingerprint density at radius 3 is 2.55 bits per heavy atom. The number of carbonyl (C=O) groups is 1. The van der Waals surface area contributed by atoms with Crippen molar-refractivity contribution in [2.24, 2.45) is 11.8 Å². The summed E-state index contributed by atoms with van der Waals surface area (Å²) in [6, 6.07) is 0. The van der Waals surface area contributed by atoms with Gasteiger partial charge in [-0.3, -0.25) is 4.79 Å². The van der Waals surface area contributed by atoms with Crippen molar-refractivity contribution in [3.8, 4) is 0 Å². The lowest BCUT2D eigenvalue weighted by Crippen LogP contribution is -2.10. The molecule has 0 heterocycles. The first-order valence-electron chi connectivity index (χ1n) is 12.0. The molecule has 0 bridgehead atoms. The van der Waals surface area contributed by atoms with Crippen LogP contribution in [0.25, 0.3) is 0 Å². The van der Waals surface area contributed by atoms with Crippen LogP contribution in [0.4, 0.5) is 0 Å². The second kappa shape index (κ2) is 18.9. The fraction of sp³-hybridized carbons (Fsp3) is 0.607. The summed E-state index contributed by atoms with van der Waals surface area (Å²) < 4.78 is 0. The number of Topliss-reactive ketones (excluding diaryl/α,β-unsaturated/α-hetero) is 1. The quantitative estimate of drug-likeness (QED) is 0.166. The first-order chi connectivity index (χ1) is 14.8. The molecule has 0 aliphatic rings. The van der Waals surface area contributed by atoms with E-state index in [0.29, 0.717) is 30.5 Å². The third-order valence-electron chi connectivity index (χ3n) is 5.57. The zero-order chi connectivity index (χ0) is 23.5. The van der Waals surface area contributed by atoms with Gasteiger partial charge < -0.3 is 10.4 Å². The number of unbranched alkanes of at least 4 members (excludes halogenated alkanes) is 1. The van der Waals surface area contributed by atoms with Crippen molar-refractivity contribution in [1.82, 2.24) is 5.32 Å². The SMILES string of the molecule is C=CNC(=C)CC(CC)CCCC(=O)C/C=C(\C)C[C@@H](C)CC(O)/C=C/CC/C=C/C. The van der Waals surface area contributed by atoms with Crippen molar-refractivity contribution in [2.75, 3.05) is 0 Å². The van der Waals surface area contributed by atoms with Gasteiger partial charge >= 0.3 is 0 Å². The summed E-state index contributed by atoms with van der Waals surface area (Å²) in [6.07, 6.45) is 20.4. The Hall–Kier alpha value is -1.87. The number of rotatable bonds is 19. The number of aliphatic hydroxyl groups is 1. The normalized spacial score (nSPS) is 15.2. The molecular formula is C28H47NO2. The van der Waals surface area contributed by atoms with E-state index in [9.17, 15) is 9.90 Å². The zero-order valence-corrected chi connectivity index (χ0v) is 20.5. The summed E-state index contributed by atoms with van der Waals surface area (Å²) in [5.41, 5.74) is 2.23. The van der Waals surface area contributed by atoms with Crippen LogP contribution >= 0.6 is 0 Å². The third-order valence-corrected chi connectivity index (χ3v) is 5.57. The Balaban J connectivity index is 4.16. The van der Waals surface area contributed by atoms with Gasteiger partial charge in [0.2, 0.25) is 0 Å². The number of hydrogen-bond acceptors (Lipinski definition) is 3. The molecule has 0 fully saturated rings. The predicted molar refractivity (Wildman–Crippen MR) is 136 cm³/mol. The maximum atomic E-state index is 12.3. The summed E-state index contributed by atoms with van der Waals surface area (Å²) in [5.74, 6) is 1.27. The maximum Gasteiger partial charge on any atom is 0.136 e. The Bertz CT molecular complexity index is 600. The molecular weight excluding hydrogens is 382 g/mol. The van der Waals surface area contributed by atoms with Crippen LogP contribution in [0.1, 0.15) is 91.9 Å². The second-order valence-electron chi connectivity index (χ2n) is 8.80. The largest absolute Gasteiger partial charge is 0.389 e. The Morgan fingerprint density at radius 1 is 1.19 bits per heavy atom. The van der Waals surface area contributed by atoms with E-state index in [1.807, 2.05) is 13.0 Å². The molecule has 0 rings (SSSR count). The second-order valence-corrected chi connectivity index (χ2v) is 8.80. The van der Waals surface area contributed by atoms with Gasteiger partial charge in [-0.2, -0.15) is 0 Å². The van der Waals surface area contributed by atoms with Crippen molar-refractivity contribution in [1.29, 1.82) is 0 Å². The Kier molecular flexibility index (Phi) is 17.7. The number of ketones is 1. The molecule has 0 radical (unpaired) electrons. The van der Waals surface area contributed by atoms with Crippen molar-refractivity contribution < 1.29 is 9.90 Å². The minimum Gasteiger partial charge on any atom is -0.389 e. The molecule has 3 atom stereocenters. The van der Waals surface area contributed by atoms with E-state index in [1.165, 1.54) is 5.57 Å². The van der Waals surface area contributed by atoms with Crippen LogP contribution < -0.4 is 5.32 Å². The van der Waals surface area contributed by atoms with E-state index in [4.69, 9.17) is 0 Å². The van der Waals surface area contributed by atoms with Gasteiger partial charge in [-0.1, -0.05) is 69.4 Å². The predicted octanol–water partition coefficient (Wildman–Crippen LogP) is 7.42. The topological polar surface area (TPSA) is 49.3 Å². The first-order valence-corrected chi connectivity index (χ1v) is 12.0. The average Bonchev–Trinajstić information content (AvgIpc) is 2.71. The van der Waals surface area contributed by atoms with E-state index in [0.717, 1.165) is 57.1 Å². The molecule has 0 aromatic heterocycles. The van der Waals surface area contributed by atoms with Crippen molar-refractivity contribution in [3.63, 3.8) is 0 Å². The molecule has 31 heavy (non-hydrogen) atoms. The number of nitrogens with one attached hydrogen (secondary N) is 1. The van der Waals surface area contributed by atoms with Crippen LogP contribution in [-0.4, -0.2) is 17.0 Å². The molecule has 0 spiro atoms. The highest BCUT2D eigenvalue weighted by atomic mass is 16.3. The third kappa shape index (κ3) is 17.5. The summed E-state index contributed by atoms with van der Waals surface area (Å²) in [5, 5.41) is 13.2. The van der Waals surface area contributed by atoms with Crippen LogP contribution in [0.15, 0.2) is 61.0 Å².